The number of nitrogens with zero attached hydrogens (tertiary/aromatic N) is 1. The topological polar surface area (TPSA) is 89.9 Å². The van der Waals surface area contributed by atoms with E-state index in [-0.39, 0.29) is 12.5 Å². The average molecular weight is 264 g/mol. The molecule has 1 amide bonds. The van der Waals surface area contributed by atoms with Gasteiger partial charge in [-0.25, -0.2) is 9.59 Å². The number of hydrogen-bond donors (Lipinski definition) is 3. The molecule has 1 aliphatic rings. The highest BCUT2D eigenvalue weighted by Crippen LogP contribution is 2.24. The van der Waals surface area contributed by atoms with E-state index in [4.69, 9.17) is 10.2 Å². The van der Waals surface area contributed by atoms with Gasteiger partial charge >= 0.3 is 12.1 Å². The van der Waals surface area contributed by atoms with Gasteiger partial charge in [0.05, 0.1) is 0 Å². The number of carboxylic acids is 1. The zero-order valence-corrected chi connectivity index (χ0v) is 10.3. The first-order chi connectivity index (χ1) is 9.08. The molecule has 1 fully saturated rings. The van der Waals surface area contributed by atoms with Crippen LogP contribution in [0.5, 0.6) is 0 Å². The smallest absolute Gasteiger partial charge is 0.408 e. The third-order valence-corrected chi connectivity index (χ3v) is 3.29. The van der Waals surface area contributed by atoms with Gasteiger partial charge in [0.2, 0.25) is 0 Å². The normalized spacial score (nSPS) is 22.2. The number of amides is 1. The molecule has 1 heterocycles. The van der Waals surface area contributed by atoms with Crippen molar-refractivity contribution in [3.05, 3.63) is 30.3 Å². The van der Waals surface area contributed by atoms with E-state index in [1.807, 2.05) is 30.3 Å². The van der Waals surface area contributed by atoms with Gasteiger partial charge in [0, 0.05) is 18.8 Å². The highest BCUT2D eigenvalue weighted by atomic mass is 16.4. The Morgan fingerprint density at radius 3 is 2.47 bits per heavy atom. The van der Waals surface area contributed by atoms with E-state index in [9.17, 15) is 9.59 Å². The van der Waals surface area contributed by atoms with Gasteiger partial charge < -0.3 is 15.5 Å². The molecule has 19 heavy (non-hydrogen) atoms. The quantitative estimate of drug-likeness (QED) is 0.767. The summed E-state index contributed by atoms with van der Waals surface area (Å²) in [5.41, 5.74) is 0.947. The molecule has 2 atom stereocenters. The molecule has 0 aliphatic carbocycles. The van der Waals surface area contributed by atoms with Crippen molar-refractivity contribution >= 4 is 17.7 Å². The fraction of sp³-hybridized carbons (Fsp3) is 0.385. The van der Waals surface area contributed by atoms with Crippen LogP contribution in [0.1, 0.15) is 6.42 Å². The zero-order chi connectivity index (χ0) is 13.8. The second kappa shape index (κ2) is 5.60. The lowest BCUT2D eigenvalue weighted by Gasteiger charge is -2.17. The number of likely N-dealkylation sites (tertiary alicyclic amines) is 1. The van der Waals surface area contributed by atoms with Gasteiger partial charge in [-0.15, -0.1) is 0 Å². The molecule has 0 aromatic heterocycles. The summed E-state index contributed by atoms with van der Waals surface area (Å²) in [5, 5.41) is 21.2. The summed E-state index contributed by atoms with van der Waals surface area (Å²) < 4.78 is 0. The Balaban J connectivity index is 1.93. The van der Waals surface area contributed by atoms with Gasteiger partial charge in [0.15, 0.2) is 0 Å². The standard InChI is InChI=1S/C13H16N2O4/c16-12(17)11-6-9(8-15(11)13(18)19)7-14-10-4-2-1-3-5-10/h1-5,9,11,14H,6-8H2,(H,16,17)(H,18,19). The molecule has 3 N–H and O–H groups in total. The predicted molar refractivity (Wildman–Crippen MR) is 69.2 cm³/mol. The zero-order valence-electron chi connectivity index (χ0n) is 10.3. The van der Waals surface area contributed by atoms with Crippen LogP contribution in [0.15, 0.2) is 30.3 Å². The Morgan fingerprint density at radius 2 is 1.95 bits per heavy atom. The van der Waals surface area contributed by atoms with Crippen LogP contribution in [0.4, 0.5) is 10.5 Å². The minimum Gasteiger partial charge on any atom is -0.480 e. The Morgan fingerprint density at radius 1 is 1.26 bits per heavy atom. The van der Waals surface area contributed by atoms with Crippen molar-refractivity contribution in [3.8, 4) is 0 Å². The molecule has 1 aromatic rings. The van der Waals surface area contributed by atoms with Crippen molar-refractivity contribution in [1.82, 2.24) is 4.90 Å². The maximum atomic E-state index is 11.0. The van der Waals surface area contributed by atoms with Crippen molar-refractivity contribution in [2.75, 3.05) is 18.4 Å². The average Bonchev–Trinajstić information content (AvgIpc) is 2.82. The molecular formula is C13H16N2O4. The van der Waals surface area contributed by atoms with Gasteiger partial charge in [-0.3, -0.25) is 4.90 Å². The first-order valence-corrected chi connectivity index (χ1v) is 6.09. The molecule has 1 saturated heterocycles. The SMILES string of the molecule is O=C(O)C1CC(CNc2ccccc2)CN1C(=O)O. The number of benzene rings is 1. The fourth-order valence-corrected chi connectivity index (χ4v) is 2.33. The molecule has 0 radical (unpaired) electrons. The van der Waals surface area contributed by atoms with Crippen LogP contribution in [0.3, 0.4) is 0 Å². The van der Waals surface area contributed by atoms with Crippen LogP contribution in [0, 0.1) is 5.92 Å². The number of anilines is 1. The molecule has 2 rings (SSSR count). The number of carboxylic acid groups (broad SMARTS) is 2. The summed E-state index contributed by atoms with van der Waals surface area (Å²) in [7, 11) is 0. The van der Waals surface area contributed by atoms with E-state index in [1.54, 1.807) is 0 Å². The van der Waals surface area contributed by atoms with Crippen molar-refractivity contribution in [2.45, 2.75) is 12.5 Å². The van der Waals surface area contributed by atoms with Gasteiger partial charge in [0.25, 0.3) is 0 Å². The molecule has 0 bridgehead atoms. The highest BCUT2D eigenvalue weighted by Gasteiger charge is 2.39. The third-order valence-electron chi connectivity index (χ3n) is 3.29. The summed E-state index contributed by atoms with van der Waals surface area (Å²) in [6, 6.07) is 8.62. The van der Waals surface area contributed by atoms with E-state index < -0.39 is 18.1 Å². The van der Waals surface area contributed by atoms with E-state index in [0.717, 1.165) is 10.6 Å². The Bertz CT molecular complexity index is 441. The first kappa shape index (κ1) is 13.2. The summed E-state index contributed by atoms with van der Waals surface area (Å²) in [5.74, 6) is -1.07. The van der Waals surface area contributed by atoms with Crippen LogP contribution in [0.25, 0.3) is 0 Å². The van der Waals surface area contributed by atoms with Crippen molar-refractivity contribution in [2.24, 2.45) is 5.92 Å². The Hall–Kier alpha value is -2.24. The second-order valence-electron chi connectivity index (χ2n) is 4.64. The number of rotatable bonds is 4. The van der Waals surface area contributed by atoms with Gasteiger partial charge in [-0.05, 0) is 24.5 Å². The maximum absolute atomic E-state index is 11.0. The van der Waals surface area contributed by atoms with Crippen LogP contribution < -0.4 is 5.32 Å². The van der Waals surface area contributed by atoms with Crippen LogP contribution >= 0.6 is 0 Å². The molecule has 1 aliphatic heterocycles. The van der Waals surface area contributed by atoms with Crippen LogP contribution in [-0.2, 0) is 4.79 Å². The van der Waals surface area contributed by atoms with E-state index in [1.165, 1.54) is 0 Å². The first-order valence-electron chi connectivity index (χ1n) is 6.09. The second-order valence-corrected chi connectivity index (χ2v) is 4.64. The molecule has 0 saturated carbocycles. The Labute approximate surface area is 110 Å². The lowest BCUT2D eigenvalue weighted by Crippen LogP contribution is -2.39. The summed E-state index contributed by atoms with van der Waals surface area (Å²) in [6.07, 6.45) is -0.823. The van der Waals surface area contributed by atoms with Gasteiger partial charge in [-0.1, -0.05) is 18.2 Å². The lowest BCUT2D eigenvalue weighted by molar-refractivity contribution is -0.141. The molecule has 6 nitrogen and oxygen atoms in total. The van der Waals surface area contributed by atoms with E-state index in [2.05, 4.69) is 5.32 Å². The highest BCUT2D eigenvalue weighted by molar-refractivity contribution is 5.80. The minimum atomic E-state index is -1.17. The van der Waals surface area contributed by atoms with Crippen molar-refractivity contribution < 1.29 is 19.8 Å². The summed E-state index contributed by atoms with van der Waals surface area (Å²) in [4.78, 5) is 23.0. The molecule has 102 valence electrons. The van der Waals surface area contributed by atoms with E-state index >= 15 is 0 Å². The minimum absolute atomic E-state index is 0.0115. The third kappa shape index (κ3) is 3.15. The number of carbonyl (C=O) groups is 2. The Kier molecular flexibility index (Phi) is 3.89. The van der Waals surface area contributed by atoms with E-state index in [0.29, 0.717) is 13.0 Å². The molecule has 1 aromatic carbocycles. The van der Waals surface area contributed by atoms with Crippen molar-refractivity contribution in [3.63, 3.8) is 0 Å². The van der Waals surface area contributed by atoms with Crippen molar-refractivity contribution in [1.29, 1.82) is 0 Å². The molecule has 6 heteroatoms. The lowest BCUT2D eigenvalue weighted by atomic mass is 10.1. The summed E-state index contributed by atoms with van der Waals surface area (Å²) in [6.45, 7) is 0.823. The van der Waals surface area contributed by atoms with Crippen LogP contribution in [0.2, 0.25) is 0 Å². The number of aliphatic carboxylic acids is 1. The number of nitrogens with one attached hydrogen (secondary N) is 1. The predicted octanol–water partition coefficient (Wildman–Crippen LogP) is 1.55. The molecular weight excluding hydrogens is 248 g/mol. The monoisotopic (exact) mass is 264 g/mol. The summed E-state index contributed by atoms with van der Waals surface area (Å²) >= 11 is 0. The van der Waals surface area contributed by atoms with Crippen LogP contribution in [-0.4, -0.2) is 46.3 Å². The molecule has 0 spiro atoms. The number of para-hydroxylation sites is 1. The van der Waals surface area contributed by atoms with Gasteiger partial charge in [0.1, 0.15) is 6.04 Å². The fourth-order valence-electron chi connectivity index (χ4n) is 2.33. The van der Waals surface area contributed by atoms with Gasteiger partial charge in [-0.2, -0.15) is 0 Å². The largest absolute Gasteiger partial charge is 0.480 e. The number of hydrogen-bond acceptors (Lipinski definition) is 3. The molecule has 2 unspecified atom stereocenters. The maximum Gasteiger partial charge on any atom is 0.408 e.